The largest absolute Gasteiger partial charge is 0.314 e. The number of fused-ring (bicyclic) bond motifs is 2. The lowest BCUT2D eigenvalue weighted by Gasteiger charge is -2.31. The van der Waals surface area contributed by atoms with Gasteiger partial charge in [-0.1, -0.05) is 26.2 Å². The molecule has 0 aromatic carbocycles. The van der Waals surface area contributed by atoms with Gasteiger partial charge < -0.3 is 5.32 Å². The topological polar surface area (TPSA) is 12.0 Å². The van der Waals surface area contributed by atoms with Gasteiger partial charge in [0.1, 0.15) is 0 Å². The Labute approximate surface area is 94.0 Å². The van der Waals surface area contributed by atoms with Crippen molar-refractivity contribution in [2.75, 3.05) is 6.54 Å². The monoisotopic (exact) mass is 207 g/mol. The molecule has 3 aliphatic carbocycles. The second kappa shape index (κ2) is 4.08. The number of hydrogen-bond donors (Lipinski definition) is 1. The summed E-state index contributed by atoms with van der Waals surface area (Å²) in [5, 5.41) is 3.78. The van der Waals surface area contributed by atoms with Crippen molar-refractivity contribution in [3.8, 4) is 0 Å². The van der Waals surface area contributed by atoms with E-state index in [1.807, 2.05) is 0 Å². The lowest BCUT2D eigenvalue weighted by atomic mass is 9.81. The highest BCUT2D eigenvalue weighted by Crippen LogP contribution is 2.51. The summed E-state index contributed by atoms with van der Waals surface area (Å²) in [4.78, 5) is 0. The SMILES string of the molecule is CCNC(CC1CC1)C1CC2CCC1C2. The molecular formula is C14H25N. The van der Waals surface area contributed by atoms with Gasteiger partial charge in [0, 0.05) is 6.04 Å². The fourth-order valence-electron chi connectivity index (χ4n) is 4.17. The third-order valence-electron chi connectivity index (χ3n) is 5.06. The molecule has 1 heteroatoms. The highest BCUT2D eigenvalue weighted by molar-refractivity contribution is 4.96. The van der Waals surface area contributed by atoms with Crippen LogP contribution >= 0.6 is 0 Å². The van der Waals surface area contributed by atoms with Crippen molar-refractivity contribution in [1.29, 1.82) is 0 Å². The summed E-state index contributed by atoms with van der Waals surface area (Å²) >= 11 is 0. The minimum absolute atomic E-state index is 0.873. The second-order valence-corrected chi connectivity index (χ2v) is 6.18. The van der Waals surface area contributed by atoms with E-state index in [0.717, 1.165) is 29.7 Å². The molecule has 0 heterocycles. The van der Waals surface area contributed by atoms with Gasteiger partial charge in [0.25, 0.3) is 0 Å². The molecular weight excluding hydrogens is 182 g/mol. The lowest BCUT2D eigenvalue weighted by molar-refractivity contribution is 0.234. The first-order chi connectivity index (χ1) is 7.36. The van der Waals surface area contributed by atoms with E-state index in [1.54, 1.807) is 25.7 Å². The molecule has 0 saturated heterocycles. The summed E-state index contributed by atoms with van der Waals surface area (Å²) in [6, 6.07) is 0.873. The Balaban J connectivity index is 1.60. The molecule has 86 valence electrons. The summed E-state index contributed by atoms with van der Waals surface area (Å²) in [5.41, 5.74) is 0. The predicted octanol–water partition coefficient (Wildman–Crippen LogP) is 3.20. The molecule has 1 nitrogen and oxygen atoms in total. The zero-order valence-corrected chi connectivity index (χ0v) is 10.0. The molecule has 3 saturated carbocycles. The van der Waals surface area contributed by atoms with Crippen molar-refractivity contribution in [3.63, 3.8) is 0 Å². The van der Waals surface area contributed by atoms with Crippen molar-refractivity contribution >= 4 is 0 Å². The van der Waals surface area contributed by atoms with Gasteiger partial charge in [-0.3, -0.25) is 0 Å². The quantitative estimate of drug-likeness (QED) is 0.730. The molecule has 3 rings (SSSR count). The van der Waals surface area contributed by atoms with E-state index >= 15 is 0 Å². The average Bonchev–Trinajstić information content (AvgIpc) is 2.81. The summed E-state index contributed by atoms with van der Waals surface area (Å²) in [6.45, 7) is 3.44. The molecule has 4 unspecified atom stereocenters. The van der Waals surface area contributed by atoms with Crippen LogP contribution in [0.15, 0.2) is 0 Å². The third kappa shape index (κ3) is 2.08. The normalized spacial score (nSPS) is 41.0. The number of rotatable bonds is 5. The van der Waals surface area contributed by atoms with Gasteiger partial charge in [-0.2, -0.15) is 0 Å². The average molecular weight is 207 g/mol. The van der Waals surface area contributed by atoms with E-state index in [1.165, 1.54) is 25.8 Å². The zero-order valence-electron chi connectivity index (χ0n) is 10.0. The van der Waals surface area contributed by atoms with E-state index in [-0.39, 0.29) is 0 Å². The first-order valence-electron chi connectivity index (χ1n) is 7.10. The molecule has 4 atom stereocenters. The van der Waals surface area contributed by atoms with Crippen LogP contribution in [-0.2, 0) is 0 Å². The van der Waals surface area contributed by atoms with Crippen molar-refractivity contribution in [1.82, 2.24) is 5.32 Å². The van der Waals surface area contributed by atoms with E-state index < -0.39 is 0 Å². The highest BCUT2D eigenvalue weighted by Gasteiger charge is 2.43. The standard InChI is InChI=1S/C14H25N/c1-2-15-14(9-10-3-4-10)13-8-11-5-6-12(13)7-11/h10-15H,2-9H2,1H3. The van der Waals surface area contributed by atoms with E-state index in [4.69, 9.17) is 0 Å². The molecule has 1 N–H and O–H groups in total. The zero-order chi connectivity index (χ0) is 10.3. The van der Waals surface area contributed by atoms with Crippen LogP contribution in [0.1, 0.15) is 51.9 Å². The van der Waals surface area contributed by atoms with Crippen molar-refractivity contribution < 1.29 is 0 Å². The van der Waals surface area contributed by atoms with Crippen LogP contribution in [0.2, 0.25) is 0 Å². The van der Waals surface area contributed by atoms with Crippen molar-refractivity contribution in [2.45, 2.75) is 57.9 Å². The van der Waals surface area contributed by atoms with Crippen LogP contribution in [0.5, 0.6) is 0 Å². The molecule has 0 amide bonds. The molecule has 3 fully saturated rings. The Morgan fingerprint density at radius 3 is 2.53 bits per heavy atom. The molecule has 0 aromatic rings. The lowest BCUT2D eigenvalue weighted by Crippen LogP contribution is -2.39. The molecule has 2 bridgehead atoms. The molecule has 0 spiro atoms. The van der Waals surface area contributed by atoms with Gasteiger partial charge in [0.15, 0.2) is 0 Å². The Bertz CT molecular complexity index is 221. The van der Waals surface area contributed by atoms with Gasteiger partial charge in [0.05, 0.1) is 0 Å². The van der Waals surface area contributed by atoms with E-state index in [9.17, 15) is 0 Å². The van der Waals surface area contributed by atoms with Crippen LogP contribution in [0.4, 0.5) is 0 Å². The third-order valence-corrected chi connectivity index (χ3v) is 5.06. The second-order valence-electron chi connectivity index (χ2n) is 6.18. The smallest absolute Gasteiger partial charge is 0.0101 e. The number of hydrogen-bond acceptors (Lipinski definition) is 1. The van der Waals surface area contributed by atoms with Crippen molar-refractivity contribution in [2.24, 2.45) is 23.7 Å². The Hall–Kier alpha value is -0.0400. The molecule has 3 aliphatic rings. The minimum atomic E-state index is 0.873. The maximum Gasteiger partial charge on any atom is 0.0101 e. The summed E-state index contributed by atoms with van der Waals surface area (Å²) in [7, 11) is 0. The first-order valence-corrected chi connectivity index (χ1v) is 7.10. The van der Waals surface area contributed by atoms with Gasteiger partial charge >= 0.3 is 0 Å². The predicted molar refractivity (Wildman–Crippen MR) is 63.7 cm³/mol. The maximum absolute atomic E-state index is 3.78. The van der Waals surface area contributed by atoms with E-state index in [0.29, 0.717) is 0 Å². The van der Waals surface area contributed by atoms with Crippen LogP contribution in [0.3, 0.4) is 0 Å². The molecule has 0 radical (unpaired) electrons. The van der Waals surface area contributed by atoms with Gasteiger partial charge in [-0.15, -0.1) is 0 Å². The van der Waals surface area contributed by atoms with Crippen LogP contribution in [0.25, 0.3) is 0 Å². The van der Waals surface area contributed by atoms with Crippen LogP contribution in [-0.4, -0.2) is 12.6 Å². The molecule has 15 heavy (non-hydrogen) atoms. The van der Waals surface area contributed by atoms with Gasteiger partial charge in [-0.25, -0.2) is 0 Å². The number of nitrogens with one attached hydrogen (secondary N) is 1. The fraction of sp³-hybridized carbons (Fsp3) is 1.00. The summed E-state index contributed by atoms with van der Waals surface area (Å²) in [5.74, 6) is 4.34. The summed E-state index contributed by atoms with van der Waals surface area (Å²) in [6.07, 6.45) is 10.7. The van der Waals surface area contributed by atoms with E-state index in [2.05, 4.69) is 12.2 Å². The Kier molecular flexibility index (Phi) is 2.76. The fourth-order valence-corrected chi connectivity index (χ4v) is 4.17. The van der Waals surface area contributed by atoms with Crippen LogP contribution < -0.4 is 5.32 Å². The minimum Gasteiger partial charge on any atom is -0.314 e. The van der Waals surface area contributed by atoms with Gasteiger partial charge in [-0.05, 0) is 55.9 Å². The molecule has 0 aliphatic heterocycles. The first kappa shape index (κ1) is 10.1. The maximum atomic E-state index is 3.78. The summed E-state index contributed by atoms with van der Waals surface area (Å²) < 4.78 is 0. The highest BCUT2D eigenvalue weighted by atomic mass is 14.9. The Morgan fingerprint density at radius 1 is 1.13 bits per heavy atom. The Morgan fingerprint density at radius 2 is 2.00 bits per heavy atom. The molecule has 0 aromatic heterocycles. The van der Waals surface area contributed by atoms with Crippen LogP contribution in [0, 0.1) is 23.7 Å². The van der Waals surface area contributed by atoms with Gasteiger partial charge in [0.2, 0.25) is 0 Å². The van der Waals surface area contributed by atoms with Crippen molar-refractivity contribution in [3.05, 3.63) is 0 Å².